The van der Waals surface area contributed by atoms with Crippen molar-refractivity contribution in [2.45, 2.75) is 45.3 Å². The zero-order valence-electron chi connectivity index (χ0n) is 12.4. The summed E-state index contributed by atoms with van der Waals surface area (Å²) in [6.45, 7) is 9.47. The third-order valence-electron chi connectivity index (χ3n) is 3.46. The van der Waals surface area contributed by atoms with Crippen LogP contribution in [0.1, 0.15) is 40.0 Å². The maximum absolute atomic E-state index is 12.1. The Morgan fingerprint density at radius 3 is 2.74 bits per heavy atom. The molecule has 1 saturated heterocycles. The van der Waals surface area contributed by atoms with E-state index in [-0.39, 0.29) is 23.6 Å². The molecule has 0 radical (unpaired) electrons. The fourth-order valence-electron chi connectivity index (χ4n) is 2.42. The van der Waals surface area contributed by atoms with Gasteiger partial charge in [0, 0.05) is 6.54 Å². The number of rotatable bonds is 7. The highest BCUT2D eigenvalue weighted by atomic mass is 35.5. The van der Waals surface area contributed by atoms with Gasteiger partial charge in [0.25, 0.3) is 0 Å². The molecule has 1 heterocycles. The second-order valence-electron chi connectivity index (χ2n) is 5.41. The van der Waals surface area contributed by atoms with Crippen LogP contribution in [0.2, 0.25) is 0 Å². The van der Waals surface area contributed by atoms with Crippen molar-refractivity contribution in [1.29, 1.82) is 0 Å². The summed E-state index contributed by atoms with van der Waals surface area (Å²) in [5.74, 6) is 2.38. The van der Waals surface area contributed by atoms with Crippen molar-refractivity contribution in [3.63, 3.8) is 0 Å². The van der Waals surface area contributed by atoms with Gasteiger partial charge in [0.15, 0.2) is 0 Å². The molecule has 19 heavy (non-hydrogen) atoms. The summed E-state index contributed by atoms with van der Waals surface area (Å²) in [5.41, 5.74) is 0. The summed E-state index contributed by atoms with van der Waals surface area (Å²) in [5, 5.41) is 6.64. The molecule has 5 heteroatoms. The number of thioether (sulfide) groups is 1. The van der Waals surface area contributed by atoms with Gasteiger partial charge in [0.05, 0.1) is 5.25 Å². The molecular formula is C14H29ClN2OS. The lowest BCUT2D eigenvalue weighted by Gasteiger charge is -2.24. The minimum atomic E-state index is 0. The number of nitrogens with one attached hydrogen (secondary N) is 2. The van der Waals surface area contributed by atoms with E-state index in [0.717, 1.165) is 37.7 Å². The van der Waals surface area contributed by atoms with Gasteiger partial charge in [-0.25, -0.2) is 0 Å². The SMILES string of the molecule is CCSC(C(=O)NCCC1CCCNC1)C(C)C.Cl. The predicted molar refractivity (Wildman–Crippen MR) is 87.2 cm³/mol. The summed E-state index contributed by atoms with van der Waals surface area (Å²) >= 11 is 1.75. The van der Waals surface area contributed by atoms with Crippen LogP contribution in [0.15, 0.2) is 0 Å². The van der Waals surface area contributed by atoms with E-state index in [9.17, 15) is 4.79 Å². The molecule has 0 aromatic heterocycles. The van der Waals surface area contributed by atoms with Crippen LogP contribution in [0.25, 0.3) is 0 Å². The molecule has 0 saturated carbocycles. The standard InChI is InChI=1S/C14H28N2OS.ClH/c1-4-18-13(11(2)3)14(17)16-9-7-12-6-5-8-15-10-12;/h11-13,15H,4-10H2,1-3H3,(H,16,17);1H. The number of hydrogen-bond donors (Lipinski definition) is 2. The summed E-state index contributed by atoms with van der Waals surface area (Å²) in [6.07, 6.45) is 3.69. The first-order valence-electron chi connectivity index (χ1n) is 7.25. The van der Waals surface area contributed by atoms with E-state index >= 15 is 0 Å². The molecule has 2 atom stereocenters. The molecule has 3 nitrogen and oxygen atoms in total. The van der Waals surface area contributed by atoms with E-state index in [0.29, 0.717) is 5.92 Å². The number of carbonyl (C=O) groups is 1. The Bertz CT molecular complexity index is 246. The molecule has 0 aromatic rings. The highest BCUT2D eigenvalue weighted by Gasteiger charge is 2.22. The number of carbonyl (C=O) groups excluding carboxylic acids is 1. The van der Waals surface area contributed by atoms with Crippen LogP contribution in [0, 0.1) is 11.8 Å². The third kappa shape index (κ3) is 7.42. The topological polar surface area (TPSA) is 41.1 Å². The van der Waals surface area contributed by atoms with Crippen molar-refractivity contribution in [2.75, 3.05) is 25.4 Å². The molecule has 114 valence electrons. The van der Waals surface area contributed by atoms with Crippen molar-refractivity contribution in [1.82, 2.24) is 10.6 Å². The van der Waals surface area contributed by atoms with Crippen molar-refractivity contribution < 1.29 is 4.79 Å². The Labute approximate surface area is 128 Å². The van der Waals surface area contributed by atoms with E-state index < -0.39 is 0 Å². The Morgan fingerprint density at radius 2 is 2.21 bits per heavy atom. The van der Waals surface area contributed by atoms with Crippen LogP contribution in [0.3, 0.4) is 0 Å². The number of halogens is 1. The molecule has 1 amide bonds. The average Bonchev–Trinajstić information content (AvgIpc) is 2.36. The first kappa shape index (κ1) is 19.1. The second kappa shape index (κ2) is 10.8. The fourth-order valence-corrected chi connectivity index (χ4v) is 3.40. The van der Waals surface area contributed by atoms with Crippen LogP contribution in [0.4, 0.5) is 0 Å². The average molecular weight is 309 g/mol. The lowest BCUT2D eigenvalue weighted by atomic mass is 9.96. The zero-order valence-corrected chi connectivity index (χ0v) is 14.0. The third-order valence-corrected chi connectivity index (χ3v) is 4.91. The van der Waals surface area contributed by atoms with Crippen LogP contribution >= 0.6 is 24.2 Å². The molecule has 0 aromatic carbocycles. The van der Waals surface area contributed by atoms with Crippen LogP contribution in [-0.2, 0) is 4.79 Å². The highest BCUT2D eigenvalue weighted by Crippen LogP contribution is 2.19. The van der Waals surface area contributed by atoms with Crippen molar-refractivity contribution in [3.05, 3.63) is 0 Å². The molecule has 1 aliphatic heterocycles. The smallest absolute Gasteiger partial charge is 0.233 e. The summed E-state index contributed by atoms with van der Waals surface area (Å²) in [6, 6.07) is 0. The normalized spacial score (nSPS) is 20.7. The second-order valence-corrected chi connectivity index (χ2v) is 6.83. The van der Waals surface area contributed by atoms with Crippen LogP contribution in [-0.4, -0.2) is 36.5 Å². The molecule has 0 bridgehead atoms. The lowest BCUT2D eigenvalue weighted by Crippen LogP contribution is -2.38. The minimum absolute atomic E-state index is 0. The zero-order chi connectivity index (χ0) is 13.4. The van der Waals surface area contributed by atoms with Crippen molar-refractivity contribution >= 4 is 30.1 Å². The monoisotopic (exact) mass is 308 g/mol. The van der Waals surface area contributed by atoms with E-state index in [4.69, 9.17) is 0 Å². The highest BCUT2D eigenvalue weighted by molar-refractivity contribution is 8.00. The van der Waals surface area contributed by atoms with E-state index in [1.165, 1.54) is 12.8 Å². The van der Waals surface area contributed by atoms with Crippen molar-refractivity contribution in [3.8, 4) is 0 Å². The predicted octanol–water partition coefficient (Wildman–Crippen LogP) is 2.69. The van der Waals surface area contributed by atoms with Gasteiger partial charge in [0.1, 0.15) is 0 Å². The van der Waals surface area contributed by atoms with E-state index in [1.54, 1.807) is 11.8 Å². The summed E-state index contributed by atoms with van der Waals surface area (Å²) < 4.78 is 0. The van der Waals surface area contributed by atoms with Gasteiger partial charge >= 0.3 is 0 Å². The Balaban J connectivity index is 0.00000324. The number of hydrogen-bond acceptors (Lipinski definition) is 3. The van der Waals surface area contributed by atoms with E-state index in [2.05, 4.69) is 31.4 Å². The Kier molecular flexibility index (Phi) is 10.8. The largest absolute Gasteiger partial charge is 0.355 e. The Morgan fingerprint density at radius 1 is 1.47 bits per heavy atom. The van der Waals surface area contributed by atoms with Gasteiger partial charge in [0.2, 0.25) is 5.91 Å². The van der Waals surface area contributed by atoms with Crippen LogP contribution in [0.5, 0.6) is 0 Å². The number of amides is 1. The molecule has 1 aliphatic rings. The van der Waals surface area contributed by atoms with Gasteiger partial charge in [-0.3, -0.25) is 4.79 Å². The molecule has 0 spiro atoms. The van der Waals surface area contributed by atoms with Gasteiger partial charge in [-0.15, -0.1) is 24.2 Å². The van der Waals surface area contributed by atoms with E-state index in [1.807, 2.05) is 0 Å². The summed E-state index contributed by atoms with van der Waals surface area (Å²) in [4.78, 5) is 12.1. The quantitative estimate of drug-likeness (QED) is 0.760. The van der Waals surface area contributed by atoms with Gasteiger partial charge in [-0.05, 0) is 49.9 Å². The molecule has 0 aliphatic carbocycles. The molecule has 1 fully saturated rings. The van der Waals surface area contributed by atoms with Gasteiger partial charge in [-0.1, -0.05) is 20.8 Å². The molecule has 2 N–H and O–H groups in total. The minimum Gasteiger partial charge on any atom is -0.355 e. The molecule has 1 rings (SSSR count). The first-order valence-corrected chi connectivity index (χ1v) is 8.30. The van der Waals surface area contributed by atoms with Crippen LogP contribution < -0.4 is 10.6 Å². The van der Waals surface area contributed by atoms with Crippen molar-refractivity contribution in [2.24, 2.45) is 11.8 Å². The van der Waals surface area contributed by atoms with Gasteiger partial charge in [-0.2, -0.15) is 0 Å². The molecular weight excluding hydrogens is 280 g/mol. The molecule has 2 unspecified atom stereocenters. The first-order chi connectivity index (χ1) is 8.65. The Hall–Kier alpha value is 0.0700. The van der Waals surface area contributed by atoms with Gasteiger partial charge < -0.3 is 10.6 Å². The number of piperidine rings is 1. The maximum atomic E-state index is 12.1. The maximum Gasteiger partial charge on any atom is 0.233 e. The lowest BCUT2D eigenvalue weighted by molar-refractivity contribution is -0.121. The fraction of sp³-hybridized carbons (Fsp3) is 0.929. The summed E-state index contributed by atoms with van der Waals surface area (Å²) in [7, 11) is 0.